The number of fused-ring (bicyclic) bond motifs is 1. The lowest BCUT2D eigenvalue weighted by molar-refractivity contribution is -0.152. The van der Waals surface area contributed by atoms with E-state index < -0.39 is 17.8 Å². The number of carboxylic acids is 1. The summed E-state index contributed by atoms with van der Waals surface area (Å²) in [5, 5.41) is 12.6. The fraction of sp³-hybridized carbons (Fsp3) is 0.444. The summed E-state index contributed by atoms with van der Waals surface area (Å²) in [6, 6.07) is 7.60. The first-order valence-electron chi connectivity index (χ1n) is 7.85. The normalized spacial score (nSPS) is 37.5. The zero-order valence-corrected chi connectivity index (χ0v) is 12.4. The average Bonchev–Trinajstić information content (AvgIpc) is 3.30. The number of aryl methyl sites for hydroxylation is 1. The molecule has 0 aromatic heterocycles. The van der Waals surface area contributed by atoms with Gasteiger partial charge in [0.25, 0.3) is 0 Å². The number of carboxylic acid groups (broad SMARTS) is 1. The van der Waals surface area contributed by atoms with Crippen LogP contribution in [0.3, 0.4) is 0 Å². The molecule has 4 heteroatoms. The number of carbonyl (C=O) groups is 2. The Balaban J connectivity index is 1.63. The van der Waals surface area contributed by atoms with Crippen LogP contribution in [0.4, 0.5) is 5.69 Å². The highest BCUT2D eigenvalue weighted by Gasteiger charge is 2.62. The van der Waals surface area contributed by atoms with E-state index in [1.807, 2.05) is 37.3 Å². The van der Waals surface area contributed by atoms with Crippen molar-refractivity contribution < 1.29 is 14.7 Å². The maximum Gasteiger partial charge on any atom is 0.307 e. The first kappa shape index (κ1) is 13.6. The minimum atomic E-state index is -0.838. The number of rotatable bonds is 3. The Morgan fingerprint density at radius 2 is 1.73 bits per heavy atom. The van der Waals surface area contributed by atoms with Crippen LogP contribution in [0.1, 0.15) is 12.0 Å². The molecule has 0 spiro atoms. The lowest BCUT2D eigenvalue weighted by atomic mass is 9.62. The van der Waals surface area contributed by atoms with Crippen molar-refractivity contribution in [1.82, 2.24) is 0 Å². The second kappa shape index (κ2) is 4.70. The molecule has 0 saturated heterocycles. The molecule has 2 bridgehead atoms. The van der Waals surface area contributed by atoms with Gasteiger partial charge in [0.1, 0.15) is 0 Å². The van der Waals surface area contributed by atoms with Crippen molar-refractivity contribution in [3.8, 4) is 0 Å². The van der Waals surface area contributed by atoms with Crippen LogP contribution in [0.15, 0.2) is 36.4 Å². The van der Waals surface area contributed by atoms with Gasteiger partial charge < -0.3 is 10.4 Å². The summed E-state index contributed by atoms with van der Waals surface area (Å²) in [6.07, 6.45) is 5.19. The number of hydrogen-bond donors (Lipinski definition) is 2. The molecule has 0 radical (unpaired) electrons. The van der Waals surface area contributed by atoms with Gasteiger partial charge in [0, 0.05) is 5.69 Å². The Morgan fingerprint density at radius 3 is 2.36 bits per heavy atom. The summed E-state index contributed by atoms with van der Waals surface area (Å²) >= 11 is 0. The topological polar surface area (TPSA) is 66.4 Å². The average molecular weight is 297 g/mol. The predicted octanol–water partition coefficient (Wildman–Crippen LogP) is 2.70. The molecule has 4 aliphatic rings. The molecule has 1 aromatic rings. The van der Waals surface area contributed by atoms with Crippen LogP contribution >= 0.6 is 0 Å². The largest absolute Gasteiger partial charge is 0.481 e. The first-order valence-corrected chi connectivity index (χ1v) is 7.85. The number of nitrogens with one attached hydrogen (secondary N) is 1. The lowest BCUT2D eigenvalue weighted by Crippen LogP contribution is -2.48. The number of carbonyl (C=O) groups excluding carboxylic acids is 1. The van der Waals surface area contributed by atoms with E-state index in [0.717, 1.165) is 17.7 Å². The second-order valence-corrected chi connectivity index (χ2v) is 6.80. The Hall–Kier alpha value is -2.10. The second-order valence-electron chi connectivity index (χ2n) is 6.80. The molecular weight excluding hydrogens is 278 g/mol. The fourth-order valence-corrected chi connectivity index (χ4v) is 4.50. The fourth-order valence-electron chi connectivity index (χ4n) is 4.50. The van der Waals surface area contributed by atoms with E-state index in [1.165, 1.54) is 0 Å². The summed E-state index contributed by atoms with van der Waals surface area (Å²) in [5.74, 6) is -0.906. The summed E-state index contributed by atoms with van der Waals surface area (Å²) in [5.41, 5.74) is 1.76. The molecule has 2 saturated carbocycles. The van der Waals surface area contributed by atoms with Crippen LogP contribution in [-0.4, -0.2) is 17.0 Å². The maximum atomic E-state index is 12.8. The number of allylic oxidation sites excluding steroid dienone is 2. The van der Waals surface area contributed by atoms with Crippen molar-refractivity contribution in [2.45, 2.75) is 13.3 Å². The molecule has 0 aliphatic heterocycles. The van der Waals surface area contributed by atoms with E-state index in [1.54, 1.807) is 0 Å². The third-order valence-corrected chi connectivity index (χ3v) is 5.64. The van der Waals surface area contributed by atoms with Crippen LogP contribution in [0.5, 0.6) is 0 Å². The molecular formula is C18H19NO3. The van der Waals surface area contributed by atoms with Crippen LogP contribution in [0, 0.1) is 42.4 Å². The molecule has 4 aliphatic carbocycles. The van der Waals surface area contributed by atoms with Crippen molar-refractivity contribution in [3.63, 3.8) is 0 Å². The maximum absolute atomic E-state index is 12.8. The Labute approximate surface area is 129 Å². The summed E-state index contributed by atoms with van der Waals surface area (Å²) in [4.78, 5) is 24.5. The molecule has 2 N–H and O–H groups in total. The molecule has 6 unspecified atom stereocenters. The molecule has 114 valence electrons. The summed E-state index contributed by atoms with van der Waals surface area (Å²) in [6.45, 7) is 1.94. The SMILES string of the molecule is Cc1ccccc1NC(=O)C1C2C=CC(C3CC23)C1C(=O)O. The van der Waals surface area contributed by atoms with Gasteiger partial charge in [0.05, 0.1) is 11.8 Å². The Morgan fingerprint density at radius 1 is 1.09 bits per heavy atom. The highest BCUT2D eigenvalue weighted by Crippen LogP contribution is 2.63. The number of aliphatic carboxylic acids is 1. The highest BCUT2D eigenvalue weighted by molar-refractivity contribution is 5.96. The van der Waals surface area contributed by atoms with Gasteiger partial charge in [-0.05, 0) is 48.6 Å². The molecule has 4 nitrogen and oxygen atoms in total. The molecule has 0 heterocycles. The molecule has 5 rings (SSSR count). The Bertz CT molecular complexity index is 681. The van der Waals surface area contributed by atoms with E-state index in [4.69, 9.17) is 0 Å². The number of para-hydroxylation sites is 1. The minimum absolute atomic E-state index is 0.0279. The van der Waals surface area contributed by atoms with Crippen molar-refractivity contribution in [1.29, 1.82) is 0 Å². The Kier molecular flexibility index (Phi) is 2.90. The van der Waals surface area contributed by atoms with Crippen molar-refractivity contribution in [3.05, 3.63) is 42.0 Å². The van der Waals surface area contributed by atoms with Crippen LogP contribution < -0.4 is 5.32 Å². The van der Waals surface area contributed by atoms with Crippen LogP contribution in [0.2, 0.25) is 0 Å². The van der Waals surface area contributed by atoms with Gasteiger partial charge in [-0.2, -0.15) is 0 Å². The van der Waals surface area contributed by atoms with Crippen molar-refractivity contribution >= 4 is 17.6 Å². The highest BCUT2D eigenvalue weighted by atomic mass is 16.4. The van der Waals surface area contributed by atoms with E-state index >= 15 is 0 Å². The molecule has 1 aromatic carbocycles. The molecule has 6 atom stereocenters. The van der Waals surface area contributed by atoms with Gasteiger partial charge >= 0.3 is 5.97 Å². The van der Waals surface area contributed by atoms with E-state index in [2.05, 4.69) is 11.4 Å². The van der Waals surface area contributed by atoms with Crippen LogP contribution in [-0.2, 0) is 9.59 Å². The van der Waals surface area contributed by atoms with Gasteiger partial charge in [-0.15, -0.1) is 0 Å². The van der Waals surface area contributed by atoms with Crippen molar-refractivity contribution in [2.24, 2.45) is 35.5 Å². The zero-order valence-electron chi connectivity index (χ0n) is 12.4. The van der Waals surface area contributed by atoms with Gasteiger partial charge in [-0.25, -0.2) is 0 Å². The quantitative estimate of drug-likeness (QED) is 0.843. The number of anilines is 1. The van der Waals surface area contributed by atoms with Gasteiger partial charge in [-0.3, -0.25) is 9.59 Å². The number of benzene rings is 1. The van der Waals surface area contributed by atoms with Crippen molar-refractivity contribution in [2.75, 3.05) is 5.32 Å². The van der Waals surface area contributed by atoms with Gasteiger partial charge in [-0.1, -0.05) is 30.4 Å². The van der Waals surface area contributed by atoms with E-state index in [-0.39, 0.29) is 17.7 Å². The number of amides is 1. The van der Waals surface area contributed by atoms with Gasteiger partial charge in [0.2, 0.25) is 5.91 Å². The lowest BCUT2D eigenvalue weighted by Gasteiger charge is -2.41. The molecule has 1 amide bonds. The van der Waals surface area contributed by atoms with E-state index in [9.17, 15) is 14.7 Å². The third-order valence-electron chi connectivity index (χ3n) is 5.64. The monoisotopic (exact) mass is 297 g/mol. The smallest absolute Gasteiger partial charge is 0.307 e. The number of hydrogen-bond acceptors (Lipinski definition) is 2. The standard InChI is InChI=1S/C18H19NO3/c1-9-4-2-3-5-14(9)19-17(20)15-10-6-7-11(13-8-12(10)13)16(15)18(21)22/h2-7,10-13,15-16H,8H2,1H3,(H,19,20)(H,21,22). The molecule has 2 fully saturated rings. The van der Waals surface area contributed by atoms with Gasteiger partial charge in [0.15, 0.2) is 0 Å². The predicted molar refractivity (Wildman–Crippen MR) is 82.1 cm³/mol. The van der Waals surface area contributed by atoms with E-state index in [0.29, 0.717) is 11.8 Å². The zero-order chi connectivity index (χ0) is 15.4. The first-order chi connectivity index (χ1) is 10.6. The summed E-state index contributed by atoms with van der Waals surface area (Å²) < 4.78 is 0. The molecule has 22 heavy (non-hydrogen) atoms. The van der Waals surface area contributed by atoms with Crippen LogP contribution in [0.25, 0.3) is 0 Å². The minimum Gasteiger partial charge on any atom is -0.481 e. The summed E-state index contributed by atoms with van der Waals surface area (Å²) in [7, 11) is 0. The third kappa shape index (κ3) is 1.90.